The van der Waals surface area contributed by atoms with E-state index in [0.717, 1.165) is 18.0 Å². The minimum Gasteiger partial charge on any atom is -0.495 e. The van der Waals surface area contributed by atoms with Gasteiger partial charge in [0.2, 0.25) is 0 Å². The number of hydrogen-bond donors (Lipinski definition) is 2. The normalized spacial score (nSPS) is 21.2. The Morgan fingerprint density at radius 3 is 3.00 bits per heavy atom. The molecule has 0 aromatic heterocycles. The van der Waals surface area contributed by atoms with Gasteiger partial charge in [0.1, 0.15) is 5.75 Å². The molecule has 0 saturated carbocycles. The van der Waals surface area contributed by atoms with Crippen LogP contribution in [0, 0.1) is 0 Å². The minimum absolute atomic E-state index is 0.516. The SMILES string of the molecule is COc1cc(NC2CCCN(C)C2)ccc1N. The standard InChI is InChI=1S/C13H21N3O/c1-16-7-3-4-11(9-16)15-10-5-6-12(14)13(8-10)17-2/h5-6,8,11,15H,3-4,7,9,14H2,1-2H3. The van der Waals surface area contributed by atoms with Crippen molar-refractivity contribution in [3.63, 3.8) is 0 Å². The van der Waals surface area contributed by atoms with E-state index in [0.29, 0.717) is 11.7 Å². The number of ether oxygens (including phenoxy) is 1. The van der Waals surface area contributed by atoms with Crippen molar-refractivity contribution in [2.45, 2.75) is 18.9 Å². The van der Waals surface area contributed by atoms with Crippen molar-refractivity contribution in [2.75, 3.05) is 38.3 Å². The number of anilines is 2. The van der Waals surface area contributed by atoms with Crippen LogP contribution in [0.25, 0.3) is 0 Å². The number of piperidine rings is 1. The fourth-order valence-electron chi connectivity index (χ4n) is 2.32. The molecule has 3 N–H and O–H groups in total. The third-order valence-electron chi connectivity index (χ3n) is 3.23. The van der Waals surface area contributed by atoms with Gasteiger partial charge in [-0.25, -0.2) is 0 Å². The van der Waals surface area contributed by atoms with Gasteiger partial charge in [0, 0.05) is 24.3 Å². The van der Waals surface area contributed by atoms with Gasteiger partial charge >= 0.3 is 0 Å². The van der Waals surface area contributed by atoms with Gasteiger partial charge in [0.15, 0.2) is 0 Å². The molecule has 0 spiro atoms. The van der Waals surface area contributed by atoms with E-state index in [-0.39, 0.29) is 0 Å². The molecule has 0 radical (unpaired) electrons. The second-order valence-corrected chi connectivity index (χ2v) is 4.70. The van der Waals surface area contributed by atoms with Crippen molar-refractivity contribution in [3.8, 4) is 5.75 Å². The molecule has 1 unspecified atom stereocenters. The molecule has 1 aromatic rings. The predicted molar refractivity (Wildman–Crippen MR) is 71.5 cm³/mol. The summed E-state index contributed by atoms with van der Waals surface area (Å²) in [7, 11) is 3.81. The highest BCUT2D eigenvalue weighted by Gasteiger charge is 2.16. The van der Waals surface area contributed by atoms with Gasteiger partial charge in [-0.15, -0.1) is 0 Å². The Balaban J connectivity index is 2.02. The summed E-state index contributed by atoms with van der Waals surface area (Å²) < 4.78 is 5.22. The first-order valence-electron chi connectivity index (χ1n) is 6.07. The van der Waals surface area contributed by atoms with Crippen LogP contribution < -0.4 is 15.8 Å². The average Bonchev–Trinajstić information content (AvgIpc) is 2.32. The first-order valence-corrected chi connectivity index (χ1v) is 6.07. The highest BCUT2D eigenvalue weighted by Crippen LogP contribution is 2.26. The van der Waals surface area contributed by atoms with Crippen molar-refractivity contribution in [3.05, 3.63) is 18.2 Å². The maximum absolute atomic E-state index is 5.79. The number of likely N-dealkylation sites (tertiary alicyclic amines) is 1. The van der Waals surface area contributed by atoms with E-state index in [4.69, 9.17) is 10.5 Å². The monoisotopic (exact) mass is 235 g/mol. The van der Waals surface area contributed by atoms with Crippen LogP contribution in [0.5, 0.6) is 5.75 Å². The summed E-state index contributed by atoms with van der Waals surface area (Å²) in [6.45, 7) is 2.29. The van der Waals surface area contributed by atoms with Crippen LogP contribution in [0.3, 0.4) is 0 Å². The van der Waals surface area contributed by atoms with Gasteiger partial charge in [0.25, 0.3) is 0 Å². The van der Waals surface area contributed by atoms with Crippen molar-refractivity contribution < 1.29 is 4.74 Å². The zero-order chi connectivity index (χ0) is 12.3. The Bertz CT molecular complexity index is 381. The quantitative estimate of drug-likeness (QED) is 0.784. The molecule has 1 fully saturated rings. The van der Waals surface area contributed by atoms with E-state index in [1.165, 1.54) is 19.4 Å². The summed E-state index contributed by atoms with van der Waals surface area (Å²) >= 11 is 0. The number of rotatable bonds is 3. The molecule has 1 aromatic carbocycles. The summed E-state index contributed by atoms with van der Waals surface area (Å²) in [6.07, 6.45) is 2.47. The van der Waals surface area contributed by atoms with Crippen molar-refractivity contribution in [1.29, 1.82) is 0 Å². The van der Waals surface area contributed by atoms with Crippen LogP contribution >= 0.6 is 0 Å². The van der Waals surface area contributed by atoms with Crippen LogP contribution in [-0.4, -0.2) is 38.2 Å². The van der Waals surface area contributed by atoms with Gasteiger partial charge in [-0.1, -0.05) is 0 Å². The van der Waals surface area contributed by atoms with Gasteiger partial charge in [-0.3, -0.25) is 0 Å². The molecule has 1 heterocycles. The maximum Gasteiger partial charge on any atom is 0.143 e. The summed E-state index contributed by atoms with van der Waals surface area (Å²) in [4.78, 5) is 2.36. The highest BCUT2D eigenvalue weighted by molar-refractivity contribution is 5.61. The fraction of sp³-hybridized carbons (Fsp3) is 0.538. The first kappa shape index (κ1) is 12.0. The topological polar surface area (TPSA) is 50.5 Å². The molecule has 1 atom stereocenters. The second-order valence-electron chi connectivity index (χ2n) is 4.70. The average molecular weight is 235 g/mol. The zero-order valence-electron chi connectivity index (χ0n) is 10.6. The third-order valence-corrected chi connectivity index (χ3v) is 3.23. The number of nitrogens with one attached hydrogen (secondary N) is 1. The molecule has 17 heavy (non-hydrogen) atoms. The fourth-order valence-corrected chi connectivity index (χ4v) is 2.32. The molecular formula is C13H21N3O. The van der Waals surface area contributed by atoms with Crippen LogP contribution in [0.15, 0.2) is 18.2 Å². The Labute approximate surface area is 103 Å². The van der Waals surface area contributed by atoms with Gasteiger partial charge in [-0.2, -0.15) is 0 Å². The molecule has 0 bridgehead atoms. The van der Waals surface area contributed by atoms with Gasteiger partial charge in [-0.05, 0) is 38.6 Å². The van der Waals surface area contributed by atoms with Crippen LogP contribution in [0.1, 0.15) is 12.8 Å². The summed E-state index contributed by atoms with van der Waals surface area (Å²) in [6, 6.07) is 6.37. The summed E-state index contributed by atoms with van der Waals surface area (Å²) in [5, 5.41) is 3.54. The molecular weight excluding hydrogens is 214 g/mol. The van der Waals surface area contributed by atoms with Crippen LogP contribution in [0.2, 0.25) is 0 Å². The summed E-state index contributed by atoms with van der Waals surface area (Å²) in [5.74, 6) is 0.735. The number of nitrogens with two attached hydrogens (primary N) is 1. The van der Waals surface area contributed by atoms with Crippen molar-refractivity contribution in [2.24, 2.45) is 0 Å². The Morgan fingerprint density at radius 2 is 2.29 bits per heavy atom. The molecule has 0 aliphatic carbocycles. The van der Waals surface area contributed by atoms with E-state index in [1.807, 2.05) is 18.2 Å². The van der Waals surface area contributed by atoms with E-state index >= 15 is 0 Å². The lowest BCUT2D eigenvalue weighted by Crippen LogP contribution is -2.39. The third kappa shape index (κ3) is 3.03. The first-order chi connectivity index (χ1) is 8.19. The van der Waals surface area contributed by atoms with E-state index in [2.05, 4.69) is 17.3 Å². The van der Waals surface area contributed by atoms with Crippen LogP contribution in [-0.2, 0) is 0 Å². The maximum atomic E-state index is 5.79. The van der Waals surface area contributed by atoms with Gasteiger partial charge < -0.3 is 20.7 Å². The zero-order valence-corrected chi connectivity index (χ0v) is 10.6. The molecule has 4 nitrogen and oxygen atoms in total. The number of hydrogen-bond acceptors (Lipinski definition) is 4. The lowest BCUT2D eigenvalue weighted by Gasteiger charge is -2.31. The largest absolute Gasteiger partial charge is 0.495 e. The number of methoxy groups -OCH3 is 1. The number of likely N-dealkylation sites (N-methyl/N-ethyl adjacent to an activating group) is 1. The Morgan fingerprint density at radius 1 is 1.47 bits per heavy atom. The summed E-state index contributed by atoms with van der Waals surface area (Å²) in [5.41, 5.74) is 7.55. The second kappa shape index (κ2) is 5.27. The molecule has 1 aliphatic rings. The Hall–Kier alpha value is -1.42. The van der Waals surface area contributed by atoms with E-state index < -0.39 is 0 Å². The lowest BCUT2D eigenvalue weighted by molar-refractivity contribution is 0.261. The smallest absolute Gasteiger partial charge is 0.143 e. The number of benzene rings is 1. The van der Waals surface area contributed by atoms with E-state index in [1.54, 1.807) is 7.11 Å². The van der Waals surface area contributed by atoms with Crippen molar-refractivity contribution >= 4 is 11.4 Å². The predicted octanol–water partition coefficient (Wildman–Crippen LogP) is 1.78. The number of nitrogens with zero attached hydrogens (tertiary/aromatic N) is 1. The molecule has 4 heteroatoms. The molecule has 1 saturated heterocycles. The van der Waals surface area contributed by atoms with E-state index in [9.17, 15) is 0 Å². The lowest BCUT2D eigenvalue weighted by atomic mass is 10.1. The molecule has 2 rings (SSSR count). The molecule has 94 valence electrons. The molecule has 0 amide bonds. The Kier molecular flexibility index (Phi) is 3.74. The van der Waals surface area contributed by atoms with Crippen molar-refractivity contribution in [1.82, 2.24) is 4.90 Å². The van der Waals surface area contributed by atoms with Gasteiger partial charge in [0.05, 0.1) is 12.8 Å². The minimum atomic E-state index is 0.516. The van der Waals surface area contributed by atoms with Crippen LogP contribution in [0.4, 0.5) is 11.4 Å². The number of nitrogen functional groups attached to an aromatic ring is 1. The molecule has 1 aliphatic heterocycles. The highest BCUT2D eigenvalue weighted by atomic mass is 16.5.